The van der Waals surface area contributed by atoms with E-state index in [-0.39, 0.29) is 47.0 Å². The van der Waals surface area contributed by atoms with E-state index in [0.717, 1.165) is 30.6 Å². The molecule has 2 heterocycles. The van der Waals surface area contributed by atoms with Crippen LogP contribution in [0.15, 0.2) is 34.4 Å². The molecule has 2 saturated carbocycles. The van der Waals surface area contributed by atoms with Crippen LogP contribution in [-0.4, -0.2) is 97.5 Å². The van der Waals surface area contributed by atoms with Crippen LogP contribution >= 0.6 is 11.3 Å². The van der Waals surface area contributed by atoms with Gasteiger partial charge in [0.05, 0.1) is 6.04 Å². The van der Waals surface area contributed by atoms with Crippen LogP contribution in [0.5, 0.6) is 0 Å². The van der Waals surface area contributed by atoms with Crippen LogP contribution in [0.3, 0.4) is 0 Å². The Balaban J connectivity index is 1.54. The molecule has 15 heteroatoms. The Kier molecular flexibility index (Phi) is 13.0. The van der Waals surface area contributed by atoms with Crippen LogP contribution < -0.4 is 21.3 Å². The molecule has 4 N–H and O–H groups in total. The molecule has 3 fully saturated rings. The zero-order valence-electron chi connectivity index (χ0n) is 32.8. The molecule has 0 bridgehead atoms. The Bertz CT molecular complexity index is 1640. The van der Waals surface area contributed by atoms with Gasteiger partial charge in [0.2, 0.25) is 17.6 Å². The number of hydrogen-bond acceptors (Lipinski definition) is 8. The fourth-order valence-electron chi connectivity index (χ4n) is 7.59. The number of urea groups is 1. The third kappa shape index (κ3) is 9.51. The smallest absolute Gasteiger partial charge is 0.315 e. The number of ketones is 1. The van der Waals surface area contributed by atoms with E-state index >= 15 is 0 Å². The fraction of sp³-hybridized carbons (Fsp3) is 0.711. The van der Waals surface area contributed by atoms with Crippen LogP contribution in [-0.2, 0) is 29.2 Å². The molecule has 2 aliphatic carbocycles. The predicted octanol–water partition coefficient (Wildman–Crippen LogP) is 3.92. The molecule has 3 aliphatic rings. The maximum absolute atomic E-state index is 14.5. The highest BCUT2D eigenvalue weighted by Gasteiger charge is 2.70. The zero-order valence-corrected chi connectivity index (χ0v) is 34.4. The zero-order chi connectivity index (χ0) is 39.7. The quantitative estimate of drug-likeness (QED) is 0.146. The molecule has 0 aromatic carbocycles. The van der Waals surface area contributed by atoms with Crippen molar-refractivity contribution in [3.05, 3.63) is 30.2 Å². The Morgan fingerprint density at radius 2 is 1.72 bits per heavy atom. The van der Waals surface area contributed by atoms with Crippen molar-refractivity contribution < 1.29 is 32.4 Å². The molecular weight excluding hydrogens is 717 g/mol. The molecule has 1 unspecified atom stereocenters. The first kappa shape index (κ1) is 42.4. The number of sulfonamides is 1. The Morgan fingerprint density at radius 3 is 2.23 bits per heavy atom. The number of thiophene rings is 1. The monoisotopic (exact) mass is 776 g/mol. The molecule has 0 radical (unpaired) electrons. The minimum atomic E-state index is -3.79. The maximum atomic E-state index is 14.5. The molecule has 296 valence electrons. The van der Waals surface area contributed by atoms with Gasteiger partial charge in [0.15, 0.2) is 0 Å². The summed E-state index contributed by atoms with van der Waals surface area (Å²) in [6.07, 6.45) is 4.67. The second-order valence-corrected chi connectivity index (χ2v) is 20.7. The summed E-state index contributed by atoms with van der Waals surface area (Å²) in [4.78, 5) is 70.1. The molecule has 1 aliphatic heterocycles. The van der Waals surface area contributed by atoms with E-state index in [2.05, 4.69) is 41.7 Å². The third-order valence-corrected chi connectivity index (χ3v) is 14.7. The minimum absolute atomic E-state index is 0.0148. The lowest BCUT2D eigenvalue weighted by atomic mass is 9.80. The van der Waals surface area contributed by atoms with E-state index in [1.165, 1.54) is 15.3 Å². The summed E-state index contributed by atoms with van der Waals surface area (Å²) in [6, 6.07) is -0.998. The number of hydrogen-bond donors (Lipinski definition) is 4. The van der Waals surface area contributed by atoms with Crippen molar-refractivity contribution in [1.82, 2.24) is 30.5 Å². The van der Waals surface area contributed by atoms with Gasteiger partial charge in [-0.2, -0.15) is 4.31 Å². The van der Waals surface area contributed by atoms with Crippen molar-refractivity contribution in [2.24, 2.45) is 34.0 Å². The number of nitrogens with zero attached hydrogens (tertiary/aromatic N) is 2. The SMILES string of the molecule is C=CCNC(=O)C(=O)C(CC1CCC1)NC(=O)[C@@H]1[C@@H]2[C@H](CN1C(=O)[C@@H](NC(=O)N[C@H](CN(CC)S(=O)(=O)c1cccs1)C(C)(C)C)C(C)(C)C)C2(C)C. The highest BCUT2D eigenvalue weighted by Crippen LogP contribution is 2.65. The summed E-state index contributed by atoms with van der Waals surface area (Å²) in [6.45, 7) is 21.3. The number of piperidine rings is 1. The van der Waals surface area contributed by atoms with Gasteiger partial charge in [-0.1, -0.05) is 93.7 Å². The van der Waals surface area contributed by atoms with Crippen molar-refractivity contribution in [2.75, 3.05) is 26.2 Å². The molecule has 1 aromatic heterocycles. The first-order valence-corrected chi connectivity index (χ1v) is 21.0. The van der Waals surface area contributed by atoms with Crippen LogP contribution in [0, 0.1) is 34.0 Å². The number of likely N-dealkylation sites (tertiary alicyclic amines) is 1. The van der Waals surface area contributed by atoms with Gasteiger partial charge in [0.1, 0.15) is 16.3 Å². The first-order chi connectivity index (χ1) is 24.5. The van der Waals surface area contributed by atoms with Gasteiger partial charge in [-0.05, 0) is 51.9 Å². The summed E-state index contributed by atoms with van der Waals surface area (Å²) < 4.78 is 28.4. The standard InChI is InChI=1S/C38H60N6O7S2/c1-11-18-39-33(47)30(45)25(20-23-15-13-16-23)40-32(46)29-28-24(38(28,9)10)21-44(29)34(48)31(37(6,7)8)42-35(49)41-26(36(3,4)5)22-43(12-2)53(50,51)27-17-14-19-52-27/h11,14,17,19,23-26,28-29,31H,1,12-13,15-16,18,20-22H2,2-10H3,(H,39,47)(H,40,46)(H2,41,42,49)/t24-,25?,26+,28-,29-,31+/m0/s1. The van der Waals surface area contributed by atoms with Crippen LogP contribution in [0.4, 0.5) is 4.79 Å². The van der Waals surface area contributed by atoms with E-state index in [1.54, 1.807) is 24.4 Å². The average molecular weight is 777 g/mol. The molecule has 1 saturated heterocycles. The summed E-state index contributed by atoms with van der Waals surface area (Å²) in [5, 5.41) is 12.9. The lowest BCUT2D eigenvalue weighted by Gasteiger charge is -2.39. The number of carbonyl (C=O) groups is 5. The van der Waals surface area contributed by atoms with Crippen molar-refractivity contribution in [3.63, 3.8) is 0 Å². The molecule has 4 rings (SSSR count). The predicted molar refractivity (Wildman–Crippen MR) is 205 cm³/mol. The number of amides is 5. The molecule has 1 aromatic rings. The summed E-state index contributed by atoms with van der Waals surface area (Å²) >= 11 is 1.13. The lowest BCUT2D eigenvalue weighted by Crippen LogP contribution is -2.63. The summed E-state index contributed by atoms with van der Waals surface area (Å²) in [5.74, 6) is -2.33. The summed E-state index contributed by atoms with van der Waals surface area (Å²) in [5.41, 5.74) is -1.55. The first-order valence-electron chi connectivity index (χ1n) is 18.7. The number of likely N-dealkylation sites (N-methyl/N-ethyl adjacent to an activating group) is 1. The molecule has 13 nitrogen and oxygen atoms in total. The molecule has 53 heavy (non-hydrogen) atoms. The number of nitrogens with one attached hydrogen (secondary N) is 4. The van der Waals surface area contributed by atoms with Crippen LogP contribution in [0.25, 0.3) is 0 Å². The number of rotatable bonds is 16. The number of carbonyl (C=O) groups excluding carboxylic acids is 5. The molecule has 5 amide bonds. The summed E-state index contributed by atoms with van der Waals surface area (Å²) in [7, 11) is -3.79. The van der Waals surface area contributed by atoms with Crippen molar-refractivity contribution >= 4 is 50.9 Å². The van der Waals surface area contributed by atoms with E-state index in [0.29, 0.717) is 13.0 Å². The van der Waals surface area contributed by atoms with E-state index < -0.39 is 74.6 Å². The van der Waals surface area contributed by atoms with Crippen molar-refractivity contribution in [3.8, 4) is 0 Å². The molecule has 6 atom stereocenters. The van der Waals surface area contributed by atoms with Gasteiger partial charge in [0.25, 0.3) is 15.9 Å². The minimum Gasteiger partial charge on any atom is -0.346 e. The topological polar surface area (TPSA) is 174 Å². The second kappa shape index (κ2) is 16.2. The molecule has 0 spiro atoms. The average Bonchev–Trinajstić information content (AvgIpc) is 3.50. The lowest BCUT2D eigenvalue weighted by molar-refractivity contribution is -0.145. The van der Waals surface area contributed by atoms with Gasteiger partial charge in [-0.15, -0.1) is 17.9 Å². The van der Waals surface area contributed by atoms with Crippen molar-refractivity contribution in [2.45, 2.75) is 116 Å². The molecular formula is C38H60N6O7S2. The van der Waals surface area contributed by atoms with E-state index in [4.69, 9.17) is 0 Å². The van der Waals surface area contributed by atoms with Gasteiger partial charge in [0, 0.05) is 32.2 Å². The Morgan fingerprint density at radius 1 is 1.06 bits per heavy atom. The number of fused-ring (bicyclic) bond motifs is 1. The van der Waals surface area contributed by atoms with Crippen LogP contribution in [0.1, 0.15) is 88.0 Å². The van der Waals surface area contributed by atoms with Gasteiger partial charge in [-0.3, -0.25) is 19.2 Å². The Labute approximate surface area is 319 Å². The highest BCUT2D eigenvalue weighted by atomic mass is 32.2. The number of Topliss-reactive ketones (excluding diaryl/α,β-unsaturated/α-hetero) is 1. The van der Waals surface area contributed by atoms with Gasteiger partial charge >= 0.3 is 6.03 Å². The highest BCUT2D eigenvalue weighted by molar-refractivity contribution is 7.91. The van der Waals surface area contributed by atoms with Gasteiger partial charge < -0.3 is 26.2 Å². The third-order valence-electron chi connectivity index (χ3n) is 11.4. The Hall–Kier alpha value is -3.30. The van der Waals surface area contributed by atoms with Gasteiger partial charge in [-0.25, -0.2) is 13.2 Å². The second-order valence-electron chi connectivity index (χ2n) is 17.6. The van der Waals surface area contributed by atoms with E-state index in [1.807, 2.05) is 41.5 Å². The van der Waals surface area contributed by atoms with Crippen molar-refractivity contribution in [1.29, 1.82) is 0 Å². The van der Waals surface area contributed by atoms with Crippen LogP contribution in [0.2, 0.25) is 0 Å². The normalized spacial score (nSPS) is 22.8. The largest absolute Gasteiger partial charge is 0.346 e. The van der Waals surface area contributed by atoms with E-state index in [9.17, 15) is 32.4 Å². The fourth-order valence-corrected chi connectivity index (χ4v) is 10.2. The maximum Gasteiger partial charge on any atom is 0.315 e.